The zero-order valence-electron chi connectivity index (χ0n) is 8.02. The van der Waals surface area contributed by atoms with Crippen LogP contribution in [-0.2, 0) is 0 Å². The van der Waals surface area contributed by atoms with Gasteiger partial charge in [0.2, 0.25) is 0 Å². The summed E-state index contributed by atoms with van der Waals surface area (Å²) >= 11 is 0. The molecule has 1 aromatic rings. The summed E-state index contributed by atoms with van der Waals surface area (Å²) in [6.07, 6.45) is 1.30. The van der Waals surface area contributed by atoms with E-state index in [-0.39, 0.29) is 5.56 Å². The fourth-order valence-corrected chi connectivity index (χ4v) is 1.06. The van der Waals surface area contributed by atoms with Crippen molar-refractivity contribution < 1.29 is 14.6 Å². The topological polar surface area (TPSA) is 58.9 Å². The molecule has 0 aliphatic carbocycles. The number of benzene rings is 1. The van der Waals surface area contributed by atoms with Gasteiger partial charge in [-0.3, -0.25) is 4.99 Å². The lowest BCUT2D eigenvalue weighted by Crippen LogP contribution is -2.00. The third-order valence-corrected chi connectivity index (χ3v) is 1.72. The Kier molecular flexibility index (Phi) is 3.23. The fourth-order valence-electron chi connectivity index (χ4n) is 1.06. The van der Waals surface area contributed by atoms with Gasteiger partial charge in [-0.15, -0.1) is 0 Å². The van der Waals surface area contributed by atoms with Crippen molar-refractivity contribution in [3.8, 4) is 5.75 Å². The standard InChI is InChI=1S/C10H11NO3/c1-7-5-8(14-6-11-2)3-4-9(7)10(12)13/h3-6H,1-2H3,(H,12,13). The van der Waals surface area contributed by atoms with E-state index in [0.717, 1.165) is 0 Å². The van der Waals surface area contributed by atoms with E-state index in [1.807, 2.05) is 0 Å². The molecule has 0 aliphatic rings. The molecule has 0 fully saturated rings. The normalized spacial score (nSPS) is 10.4. The molecule has 0 bridgehead atoms. The fraction of sp³-hybridized carbons (Fsp3) is 0.200. The molecular weight excluding hydrogens is 182 g/mol. The third kappa shape index (κ3) is 2.32. The van der Waals surface area contributed by atoms with Crippen molar-refractivity contribution in [1.29, 1.82) is 0 Å². The van der Waals surface area contributed by atoms with Gasteiger partial charge in [0.25, 0.3) is 0 Å². The Labute approximate surface area is 81.9 Å². The lowest BCUT2D eigenvalue weighted by molar-refractivity contribution is 0.0696. The molecule has 0 spiro atoms. The van der Waals surface area contributed by atoms with E-state index in [2.05, 4.69) is 4.99 Å². The van der Waals surface area contributed by atoms with E-state index in [4.69, 9.17) is 9.84 Å². The molecule has 0 atom stereocenters. The monoisotopic (exact) mass is 193 g/mol. The average molecular weight is 193 g/mol. The summed E-state index contributed by atoms with van der Waals surface area (Å²) in [4.78, 5) is 14.3. The van der Waals surface area contributed by atoms with Crippen molar-refractivity contribution in [3.05, 3.63) is 29.3 Å². The quantitative estimate of drug-likeness (QED) is 0.587. The maximum absolute atomic E-state index is 10.7. The van der Waals surface area contributed by atoms with Gasteiger partial charge in [0.05, 0.1) is 5.56 Å². The molecule has 14 heavy (non-hydrogen) atoms. The molecule has 0 aromatic heterocycles. The summed E-state index contributed by atoms with van der Waals surface area (Å²) in [5.41, 5.74) is 0.949. The number of carboxylic acids is 1. The number of carbonyl (C=O) groups is 1. The lowest BCUT2D eigenvalue weighted by atomic mass is 10.1. The van der Waals surface area contributed by atoms with Gasteiger partial charge in [0, 0.05) is 7.05 Å². The highest BCUT2D eigenvalue weighted by molar-refractivity contribution is 5.89. The van der Waals surface area contributed by atoms with Crippen molar-refractivity contribution in [1.82, 2.24) is 0 Å². The highest BCUT2D eigenvalue weighted by atomic mass is 16.5. The highest BCUT2D eigenvalue weighted by Gasteiger charge is 2.06. The van der Waals surface area contributed by atoms with Crippen LogP contribution in [0.15, 0.2) is 23.2 Å². The van der Waals surface area contributed by atoms with Gasteiger partial charge in [-0.1, -0.05) is 0 Å². The average Bonchev–Trinajstić information content (AvgIpc) is 2.14. The van der Waals surface area contributed by atoms with Crippen LogP contribution in [0.5, 0.6) is 5.75 Å². The molecule has 4 nitrogen and oxygen atoms in total. The van der Waals surface area contributed by atoms with Crippen LogP contribution in [0.1, 0.15) is 15.9 Å². The zero-order valence-corrected chi connectivity index (χ0v) is 8.02. The van der Waals surface area contributed by atoms with Crippen LogP contribution in [-0.4, -0.2) is 24.5 Å². The number of hydrogen-bond donors (Lipinski definition) is 1. The largest absolute Gasteiger partial charge is 0.478 e. The Balaban J connectivity index is 2.94. The number of aliphatic imine (C=N–C) groups is 1. The molecule has 0 aliphatic heterocycles. The highest BCUT2D eigenvalue weighted by Crippen LogP contribution is 2.16. The van der Waals surface area contributed by atoms with E-state index in [9.17, 15) is 4.79 Å². The summed E-state index contributed by atoms with van der Waals surface area (Å²) in [7, 11) is 1.60. The summed E-state index contributed by atoms with van der Waals surface area (Å²) in [5.74, 6) is -0.351. The van der Waals surface area contributed by atoms with Crippen molar-refractivity contribution in [2.24, 2.45) is 4.99 Å². The molecule has 0 saturated heterocycles. The number of aromatic carboxylic acids is 1. The van der Waals surface area contributed by atoms with E-state index in [0.29, 0.717) is 11.3 Å². The van der Waals surface area contributed by atoms with E-state index in [1.165, 1.54) is 12.5 Å². The van der Waals surface area contributed by atoms with E-state index in [1.54, 1.807) is 26.1 Å². The molecule has 0 radical (unpaired) electrons. The van der Waals surface area contributed by atoms with Crippen molar-refractivity contribution >= 4 is 12.4 Å². The number of aryl methyl sites for hydroxylation is 1. The Morgan fingerprint density at radius 3 is 2.79 bits per heavy atom. The number of rotatable bonds is 3. The predicted molar refractivity (Wildman–Crippen MR) is 53.2 cm³/mol. The van der Waals surface area contributed by atoms with Crippen LogP contribution in [0.3, 0.4) is 0 Å². The Morgan fingerprint density at radius 2 is 2.29 bits per heavy atom. The molecule has 0 saturated carbocycles. The number of hydrogen-bond acceptors (Lipinski definition) is 3. The van der Waals surface area contributed by atoms with E-state index >= 15 is 0 Å². The van der Waals surface area contributed by atoms with Crippen LogP contribution < -0.4 is 4.74 Å². The number of ether oxygens (including phenoxy) is 1. The Hall–Kier alpha value is -1.84. The van der Waals surface area contributed by atoms with Crippen LogP contribution in [0.4, 0.5) is 0 Å². The molecule has 1 rings (SSSR count). The van der Waals surface area contributed by atoms with Gasteiger partial charge in [0.15, 0.2) is 6.40 Å². The van der Waals surface area contributed by atoms with Crippen molar-refractivity contribution in [2.45, 2.75) is 6.92 Å². The molecule has 1 aromatic carbocycles. The maximum Gasteiger partial charge on any atom is 0.335 e. The molecule has 0 heterocycles. The number of carboxylic acid groups (broad SMARTS) is 1. The molecule has 0 amide bonds. The van der Waals surface area contributed by atoms with Gasteiger partial charge in [-0.25, -0.2) is 4.79 Å². The first-order valence-electron chi connectivity index (χ1n) is 4.06. The van der Waals surface area contributed by atoms with Crippen LogP contribution in [0.25, 0.3) is 0 Å². The Bertz CT molecular complexity index is 372. The molecule has 74 valence electrons. The third-order valence-electron chi connectivity index (χ3n) is 1.72. The minimum atomic E-state index is -0.932. The first kappa shape index (κ1) is 10.2. The second-order valence-corrected chi connectivity index (χ2v) is 2.76. The Morgan fingerprint density at radius 1 is 1.57 bits per heavy atom. The van der Waals surface area contributed by atoms with Gasteiger partial charge in [-0.2, -0.15) is 0 Å². The molecule has 1 N–H and O–H groups in total. The second-order valence-electron chi connectivity index (χ2n) is 2.76. The minimum absolute atomic E-state index is 0.283. The predicted octanol–water partition coefficient (Wildman–Crippen LogP) is 1.73. The molecule has 4 heteroatoms. The summed E-state index contributed by atoms with van der Waals surface area (Å²) < 4.78 is 5.09. The van der Waals surface area contributed by atoms with Gasteiger partial charge >= 0.3 is 5.97 Å². The smallest absolute Gasteiger partial charge is 0.335 e. The van der Waals surface area contributed by atoms with Crippen LogP contribution in [0, 0.1) is 6.92 Å². The summed E-state index contributed by atoms with van der Waals surface area (Å²) in [6.45, 7) is 1.72. The van der Waals surface area contributed by atoms with Crippen LogP contribution >= 0.6 is 0 Å². The van der Waals surface area contributed by atoms with Crippen LogP contribution in [0.2, 0.25) is 0 Å². The van der Waals surface area contributed by atoms with Gasteiger partial charge in [0.1, 0.15) is 5.75 Å². The minimum Gasteiger partial charge on any atom is -0.478 e. The summed E-state index contributed by atoms with van der Waals surface area (Å²) in [5, 5.41) is 8.77. The van der Waals surface area contributed by atoms with E-state index < -0.39 is 5.97 Å². The van der Waals surface area contributed by atoms with Crippen molar-refractivity contribution in [3.63, 3.8) is 0 Å². The first-order valence-corrected chi connectivity index (χ1v) is 4.06. The first-order chi connectivity index (χ1) is 6.65. The molecular formula is C10H11NO3. The SMILES string of the molecule is CN=COc1ccc(C(=O)O)c(C)c1. The maximum atomic E-state index is 10.7. The zero-order chi connectivity index (χ0) is 10.6. The van der Waals surface area contributed by atoms with Gasteiger partial charge in [-0.05, 0) is 30.7 Å². The van der Waals surface area contributed by atoms with Gasteiger partial charge < -0.3 is 9.84 Å². The summed E-state index contributed by atoms with van der Waals surface area (Å²) in [6, 6.07) is 4.76. The second kappa shape index (κ2) is 4.41. The molecule has 0 unspecified atom stereocenters. The number of nitrogens with zero attached hydrogens (tertiary/aromatic N) is 1. The van der Waals surface area contributed by atoms with Crippen molar-refractivity contribution in [2.75, 3.05) is 7.05 Å². The lowest BCUT2D eigenvalue weighted by Gasteiger charge is -2.03.